The van der Waals surface area contributed by atoms with Crippen LogP contribution in [0.1, 0.15) is 18.4 Å². The van der Waals surface area contributed by atoms with Crippen LogP contribution in [-0.2, 0) is 4.79 Å². The van der Waals surface area contributed by atoms with Gasteiger partial charge in [-0.3, -0.25) is 4.90 Å². The van der Waals surface area contributed by atoms with Gasteiger partial charge in [0.05, 0.1) is 23.8 Å². The first-order valence-electron chi connectivity index (χ1n) is 9.61. The zero-order valence-electron chi connectivity index (χ0n) is 16.0. The lowest BCUT2D eigenvalue weighted by atomic mass is 9.82. The molecule has 11 nitrogen and oxygen atoms in total. The number of carboxylic acids is 1. The second-order valence-corrected chi connectivity index (χ2v) is 7.74. The molecule has 160 valence electrons. The molecule has 3 atom stereocenters. The molecule has 30 heavy (non-hydrogen) atoms. The fourth-order valence-electron chi connectivity index (χ4n) is 4.60. The van der Waals surface area contributed by atoms with Crippen LogP contribution in [0.2, 0.25) is 0 Å². The molecule has 3 aliphatic rings. The molecule has 0 aromatic carbocycles. The van der Waals surface area contributed by atoms with Crippen molar-refractivity contribution in [3.05, 3.63) is 29.5 Å². The van der Waals surface area contributed by atoms with Gasteiger partial charge in [-0.25, -0.2) is 19.4 Å². The molecule has 1 aromatic heterocycles. The van der Waals surface area contributed by atoms with Gasteiger partial charge in [0.1, 0.15) is 5.82 Å². The third-order valence-corrected chi connectivity index (χ3v) is 5.96. The number of nitrogens with zero attached hydrogens (tertiary/aromatic N) is 4. The molecule has 0 unspecified atom stereocenters. The predicted octanol–water partition coefficient (Wildman–Crippen LogP) is 0.605. The number of aliphatic hydroxyl groups excluding tert-OH is 1. The normalized spacial score (nSPS) is 26.2. The van der Waals surface area contributed by atoms with E-state index in [1.54, 1.807) is 18.3 Å². The molecule has 0 spiro atoms. The Morgan fingerprint density at radius 1 is 1.03 bits per heavy atom. The third kappa shape index (κ3) is 3.41. The van der Waals surface area contributed by atoms with Crippen LogP contribution in [-0.4, -0.2) is 97.7 Å². The van der Waals surface area contributed by atoms with E-state index in [9.17, 15) is 34.8 Å². The second-order valence-electron chi connectivity index (χ2n) is 7.74. The molecule has 2 saturated heterocycles. The number of aliphatic hydroxyl groups is 1. The molecule has 0 saturated carbocycles. The molecular formula is C19H22N4O7. The first-order chi connectivity index (χ1) is 14.3. The Balaban J connectivity index is 1.71. The van der Waals surface area contributed by atoms with Gasteiger partial charge in [-0.2, -0.15) is 0 Å². The van der Waals surface area contributed by atoms with Gasteiger partial charge >= 0.3 is 18.2 Å². The Morgan fingerprint density at radius 3 is 2.33 bits per heavy atom. The number of amides is 2. The molecular weight excluding hydrogens is 396 g/mol. The molecule has 4 N–H and O–H groups in total. The summed E-state index contributed by atoms with van der Waals surface area (Å²) in [7, 11) is 0. The standard InChI is InChI=1S/C19H22N4O7/c24-12-3-4-21(8-12)15-2-1-10(6-20-15)13-5-11-7-22(18(27)28)9-14(16(13)17(25)26)23(11)19(29)30/h1-2,6,11-12,14,24H,3-5,7-9H2,(H,25,26)(H,27,28)(H,29,30)/t11-,12-,14-/m0/s1. The van der Waals surface area contributed by atoms with E-state index in [1.807, 2.05) is 4.90 Å². The maximum atomic E-state index is 12.1. The maximum Gasteiger partial charge on any atom is 0.408 e. The highest BCUT2D eigenvalue weighted by Crippen LogP contribution is 2.38. The summed E-state index contributed by atoms with van der Waals surface area (Å²) in [5, 5.41) is 38.5. The van der Waals surface area contributed by atoms with Crippen LogP contribution in [0.3, 0.4) is 0 Å². The number of fused-ring (bicyclic) bond motifs is 2. The topological polar surface area (TPSA) is 155 Å². The average Bonchev–Trinajstić information content (AvgIpc) is 3.12. The van der Waals surface area contributed by atoms with E-state index in [-0.39, 0.29) is 25.1 Å². The largest absolute Gasteiger partial charge is 0.478 e. The van der Waals surface area contributed by atoms with Gasteiger partial charge in [-0.05, 0) is 36.1 Å². The summed E-state index contributed by atoms with van der Waals surface area (Å²) in [4.78, 5) is 43.8. The van der Waals surface area contributed by atoms with Gasteiger partial charge in [-0.1, -0.05) is 0 Å². The van der Waals surface area contributed by atoms with E-state index in [2.05, 4.69) is 4.98 Å². The molecule has 1 aromatic rings. The van der Waals surface area contributed by atoms with Gasteiger partial charge in [-0.15, -0.1) is 0 Å². The molecule has 3 aliphatic heterocycles. The van der Waals surface area contributed by atoms with Gasteiger partial charge in [0, 0.05) is 32.4 Å². The Kier molecular flexibility index (Phi) is 4.98. The van der Waals surface area contributed by atoms with Crippen molar-refractivity contribution in [1.29, 1.82) is 0 Å². The van der Waals surface area contributed by atoms with E-state index in [4.69, 9.17) is 0 Å². The number of anilines is 1. The molecule has 2 fully saturated rings. The molecule has 0 aliphatic carbocycles. The molecule has 2 amide bonds. The van der Waals surface area contributed by atoms with Gasteiger partial charge in [0.25, 0.3) is 0 Å². The number of carboxylic acid groups (broad SMARTS) is 3. The molecule has 11 heteroatoms. The average molecular weight is 418 g/mol. The summed E-state index contributed by atoms with van der Waals surface area (Å²) < 4.78 is 0. The summed E-state index contributed by atoms with van der Waals surface area (Å²) >= 11 is 0. The van der Waals surface area contributed by atoms with Crippen LogP contribution in [0.4, 0.5) is 15.4 Å². The number of piperazine rings is 1. The zero-order valence-corrected chi connectivity index (χ0v) is 16.0. The minimum atomic E-state index is -1.28. The number of aliphatic carboxylic acids is 1. The van der Waals surface area contributed by atoms with Crippen molar-refractivity contribution in [2.45, 2.75) is 31.0 Å². The van der Waals surface area contributed by atoms with Crippen LogP contribution < -0.4 is 4.90 Å². The van der Waals surface area contributed by atoms with E-state index in [0.717, 1.165) is 9.80 Å². The Labute approximate surface area is 171 Å². The van der Waals surface area contributed by atoms with Gasteiger partial charge in [0.15, 0.2) is 0 Å². The number of β-amino-alcohol motifs (C(OH)–C–C–N with tert-alkyl or cyclic N) is 1. The van der Waals surface area contributed by atoms with Gasteiger partial charge in [0.2, 0.25) is 0 Å². The van der Waals surface area contributed by atoms with Crippen LogP contribution in [0, 0.1) is 0 Å². The molecule has 4 rings (SSSR count). The first kappa shape index (κ1) is 20.0. The third-order valence-electron chi connectivity index (χ3n) is 5.96. The molecule has 4 heterocycles. The number of hydrogen-bond acceptors (Lipinski definition) is 6. The Hall–Kier alpha value is -3.34. The second kappa shape index (κ2) is 7.48. The van der Waals surface area contributed by atoms with Crippen molar-refractivity contribution in [3.8, 4) is 0 Å². The minimum absolute atomic E-state index is 0.0221. The smallest absolute Gasteiger partial charge is 0.408 e. The lowest BCUT2D eigenvalue weighted by molar-refractivity contribution is -0.133. The van der Waals surface area contributed by atoms with Crippen LogP contribution >= 0.6 is 0 Å². The van der Waals surface area contributed by atoms with Crippen LogP contribution in [0.5, 0.6) is 0 Å². The minimum Gasteiger partial charge on any atom is -0.478 e. The summed E-state index contributed by atoms with van der Waals surface area (Å²) in [6, 6.07) is 1.73. The quantitative estimate of drug-likeness (QED) is 0.552. The molecule has 0 radical (unpaired) electrons. The van der Waals surface area contributed by atoms with Crippen molar-refractivity contribution in [2.24, 2.45) is 0 Å². The highest BCUT2D eigenvalue weighted by molar-refractivity contribution is 5.99. The van der Waals surface area contributed by atoms with Crippen molar-refractivity contribution >= 4 is 29.5 Å². The Bertz CT molecular complexity index is 916. The van der Waals surface area contributed by atoms with Crippen molar-refractivity contribution in [3.63, 3.8) is 0 Å². The maximum absolute atomic E-state index is 12.1. The van der Waals surface area contributed by atoms with E-state index < -0.39 is 36.3 Å². The SMILES string of the molecule is O=C(O)C1=C(c2ccc(N3CC[C@H](O)C3)nc2)C[C@H]2CN(C(=O)O)C[C@@H]1N2C(=O)O. The Morgan fingerprint density at radius 2 is 1.80 bits per heavy atom. The van der Waals surface area contributed by atoms with E-state index in [0.29, 0.717) is 36.5 Å². The van der Waals surface area contributed by atoms with Gasteiger partial charge < -0.3 is 30.2 Å². The summed E-state index contributed by atoms with van der Waals surface area (Å²) in [5.41, 5.74) is 0.922. The lowest BCUT2D eigenvalue weighted by Crippen LogP contribution is -2.64. The highest BCUT2D eigenvalue weighted by atomic mass is 16.4. The summed E-state index contributed by atoms with van der Waals surface area (Å²) in [5.74, 6) is -0.605. The predicted molar refractivity (Wildman–Crippen MR) is 103 cm³/mol. The number of aromatic nitrogens is 1. The fraction of sp³-hybridized carbons (Fsp3) is 0.474. The fourth-order valence-corrected chi connectivity index (χ4v) is 4.60. The molecule has 2 bridgehead atoms. The lowest BCUT2D eigenvalue weighted by Gasteiger charge is -2.48. The van der Waals surface area contributed by atoms with Crippen molar-refractivity contribution < 1.29 is 34.8 Å². The number of carbonyl (C=O) groups is 3. The van der Waals surface area contributed by atoms with Crippen molar-refractivity contribution in [2.75, 3.05) is 31.1 Å². The van der Waals surface area contributed by atoms with Crippen molar-refractivity contribution in [1.82, 2.24) is 14.8 Å². The van der Waals surface area contributed by atoms with E-state index in [1.165, 1.54) is 0 Å². The zero-order chi connectivity index (χ0) is 21.6. The monoisotopic (exact) mass is 418 g/mol. The van der Waals surface area contributed by atoms with Crippen LogP contribution in [0.15, 0.2) is 23.9 Å². The van der Waals surface area contributed by atoms with Crippen LogP contribution in [0.25, 0.3) is 5.57 Å². The number of pyridine rings is 1. The number of hydrogen-bond donors (Lipinski definition) is 4. The summed E-state index contributed by atoms with van der Waals surface area (Å²) in [6.45, 7) is 0.906. The summed E-state index contributed by atoms with van der Waals surface area (Å²) in [6.07, 6.45) is -0.579. The first-order valence-corrected chi connectivity index (χ1v) is 9.61. The number of rotatable bonds is 3. The van der Waals surface area contributed by atoms with E-state index >= 15 is 0 Å². The highest BCUT2D eigenvalue weighted by Gasteiger charge is 2.47.